The van der Waals surface area contributed by atoms with Gasteiger partial charge in [0.1, 0.15) is 0 Å². The molecule has 0 atom stereocenters. The fourth-order valence-corrected chi connectivity index (χ4v) is 3.32. The van der Waals surface area contributed by atoms with Crippen LogP contribution in [0.1, 0.15) is 19.3 Å². The number of rotatable bonds is 6. The molecule has 0 radical (unpaired) electrons. The summed E-state index contributed by atoms with van der Waals surface area (Å²) in [6.07, 6.45) is 8.70. The number of imidazole rings is 1. The quantitative estimate of drug-likeness (QED) is 0.718. The summed E-state index contributed by atoms with van der Waals surface area (Å²) in [7, 11) is -3.12. The van der Waals surface area contributed by atoms with Gasteiger partial charge >= 0.3 is 6.03 Å². The highest BCUT2D eigenvalue weighted by molar-refractivity contribution is 7.88. The average molecular weight is 329 g/mol. The molecule has 0 aromatic carbocycles. The number of carbonyl (C=O) groups excluding carboxylic acids is 1. The largest absolute Gasteiger partial charge is 0.338 e. The van der Waals surface area contributed by atoms with Crippen LogP contribution in [0.4, 0.5) is 4.79 Å². The lowest BCUT2D eigenvalue weighted by Crippen LogP contribution is -2.49. The smallest absolute Gasteiger partial charge is 0.315 e. The van der Waals surface area contributed by atoms with E-state index in [0.29, 0.717) is 32.5 Å². The topological polar surface area (TPSA) is 96.3 Å². The van der Waals surface area contributed by atoms with Crippen molar-refractivity contribution in [2.24, 2.45) is 0 Å². The molecule has 2 amide bonds. The summed E-state index contributed by atoms with van der Waals surface area (Å²) in [6, 6.07) is -0.157. The molecular weight excluding hydrogens is 306 g/mol. The van der Waals surface area contributed by atoms with Gasteiger partial charge in [0.05, 0.1) is 12.6 Å². The molecule has 1 saturated heterocycles. The third kappa shape index (κ3) is 5.30. The summed E-state index contributed by atoms with van der Waals surface area (Å²) < 4.78 is 26.2. The zero-order chi connectivity index (χ0) is 16.0. The molecule has 2 N–H and O–H groups in total. The molecule has 0 spiro atoms. The van der Waals surface area contributed by atoms with Crippen LogP contribution in [0.25, 0.3) is 0 Å². The summed E-state index contributed by atoms with van der Waals surface area (Å²) in [6.45, 7) is 2.33. The van der Waals surface area contributed by atoms with E-state index in [1.165, 1.54) is 10.6 Å². The molecular formula is C13H23N5O3S. The number of hydrogen-bond acceptors (Lipinski definition) is 4. The number of piperidine rings is 1. The van der Waals surface area contributed by atoms with Crippen LogP contribution in [0.3, 0.4) is 0 Å². The monoisotopic (exact) mass is 329 g/mol. The van der Waals surface area contributed by atoms with Crippen LogP contribution in [0, 0.1) is 0 Å². The molecule has 8 nitrogen and oxygen atoms in total. The predicted molar refractivity (Wildman–Crippen MR) is 82.8 cm³/mol. The Balaban J connectivity index is 1.60. The summed E-state index contributed by atoms with van der Waals surface area (Å²) in [5.41, 5.74) is 0. The van der Waals surface area contributed by atoms with Crippen molar-refractivity contribution in [2.45, 2.75) is 31.8 Å². The fraction of sp³-hybridized carbons (Fsp3) is 0.692. The van der Waals surface area contributed by atoms with Gasteiger partial charge in [-0.2, -0.15) is 0 Å². The molecule has 2 heterocycles. The lowest BCUT2D eigenvalue weighted by molar-refractivity contribution is 0.227. The number of aryl methyl sites for hydroxylation is 1. The van der Waals surface area contributed by atoms with Crippen molar-refractivity contribution in [3.63, 3.8) is 0 Å². The second-order valence-corrected chi connectivity index (χ2v) is 7.47. The first kappa shape index (κ1) is 16.8. The van der Waals surface area contributed by atoms with Crippen LogP contribution in [-0.2, 0) is 16.6 Å². The minimum absolute atomic E-state index is 0.0339. The first-order valence-corrected chi connectivity index (χ1v) is 9.25. The normalized spacial score (nSPS) is 17.3. The van der Waals surface area contributed by atoms with Crippen molar-refractivity contribution in [3.8, 4) is 0 Å². The maximum atomic E-state index is 11.8. The van der Waals surface area contributed by atoms with Gasteiger partial charge < -0.3 is 15.2 Å². The van der Waals surface area contributed by atoms with Crippen molar-refractivity contribution >= 4 is 16.1 Å². The first-order valence-electron chi connectivity index (χ1n) is 7.40. The number of nitrogens with one attached hydrogen (secondary N) is 2. The minimum Gasteiger partial charge on any atom is -0.338 e. The van der Waals surface area contributed by atoms with Crippen molar-refractivity contribution in [2.75, 3.05) is 25.9 Å². The van der Waals surface area contributed by atoms with E-state index in [9.17, 15) is 13.2 Å². The van der Waals surface area contributed by atoms with E-state index in [2.05, 4.69) is 15.6 Å². The van der Waals surface area contributed by atoms with E-state index in [0.717, 1.165) is 13.0 Å². The Bertz CT molecular complexity index is 565. The predicted octanol–water partition coefficient (Wildman–Crippen LogP) is -0.00360. The van der Waals surface area contributed by atoms with Crippen LogP contribution in [0.2, 0.25) is 0 Å². The Morgan fingerprint density at radius 1 is 1.36 bits per heavy atom. The highest BCUT2D eigenvalue weighted by atomic mass is 32.2. The molecule has 0 saturated carbocycles. The summed E-state index contributed by atoms with van der Waals surface area (Å²) in [5.74, 6) is 0. The number of nitrogens with zero attached hydrogens (tertiary/aromatic N) is 3. The average Bonchev–Trinajstić information content (AvgIpc) is 2.96. The lowest BCUT2D eigenvalue weighted by Gasteiger charge is -2.30. The van der Waals surface area contributed by atoms with Crippen LogP contribution >= 0.6 is 0 Å². The van der Waals surface area contributed by atoms with Gasteiger partial charge in [0.25, 0.3) is 0 Å². The lowest BCUT2D eigenvalue weighted by atomic mass is 10.1. The highest BCUT2D eigenvalue weighted by Gasteiger charge is 2.25. The van der Waals surface area contributed by atoms with Crippen molar-refractivity contribution < 1.29 is 13.2 Å². The number of carbonyl (C=O) groups is 1. The zero-order valence-electron chi connectivity index (χ0n) is 12.7. The molecule has 1 aliphatic heterocycles. The number of hydrogen-bond donors (Lipinski definition) is 2. The molecule has 1 aliphatic rings. The van der Waals surface area contributed by atoms with E-state index in [1.54, 1.807) is 12.5 Å². The summed E-state index contributed by atoms with van der Waals surface area (Å²) in [5, 5.41) is 5.71. The SMILES string of the molecule is CS(=O)(=O)N1CCC(NC(=O)NCCCn2ccnc2)CC1. The Hall–Kier alpha value is -1.61. The van der Waals surface area contributed by atoms with Crippen LogP contribution in [-0.4, -0.2) is 60.2 Å². The summed E-state index contributed by atoms with van der Waals surface area (Å²) >= 11 is 0. The molecule has 2 rings (SSSR count). The van der Waals surface area contributed by atoms with Crippen LogP contribution < -0.4 is 10.6 Å². The maximum Gasteiger partial charge on any atom is 0.315 e. The van der Waals surface area contributed by atoms with Gasteiger partial charge in [-0.15, -0.1) is 0 Å². The standard InChI is InChI=1S/C13H23N5O3S/c1-22(20,21)18-8-3-12(4-9-18)16-13(19)15-5-2-7-17-10-6-14-11-17/h6,10-12H,2-5,7-9H2,1H3,(H2,15,16,19). The fourth-order valence-electron chi connectivity index (χ4n) is 2.45. The highest BCUT2D eigenvalue weighted by Crippen LogP contribution is 2.12. The van der Waals surface area contributed by atoms with Gasteiger partial charge in [0.2, 0.25) is 10.0 Å². The van der Waals surface area contributed by atoms with Gasteiger partial charge in [0.15, 0.2) is 0 Å². The second kappa shape index (κ2) is 7.59. The number of sulfonamides is 1. The van der Waals surface area contributed by atoms with Crippen LogP contribution in [0.5, 0.6) is 0 Å². The number of amides is 2. The van der Waals surface area contributed by atoms with Crippen LogP contribution in [0.15, 0.2) is 18.7 Å². The molecule has 0 unspecified atom stereocenters. The molecule has 9 heteroatoms. The van der Waals surface area contributed by atoms with Crippen molar-refractivity contribution in [3.05, 3.63) is 18.7 Å². The minimum atomic E-state index is -3.12. The number of aromatic nitrogens is 2. The third-order valence-electron chi connectivity index (χ3n) is 3.70. The Kier molecular flexibility index (Phi) is 5.78. The Labute approximate surface area is 130 Å². The Morgan fingerprint density at radius 2 is 2.09 bits per heavy atom. The van der Waals surface area contributed by atoms with Crippen molar-refractivity contribution in [1.82, 2.24) is 24.5 Å². The van der Waals surface area contributed by atoms with Gasteiger partial charge in [-0.25, -0.2) is 22.5 Å². The Morgan fingerprint density at radius 3 is 2.68 bits per heavy atom. The van der Waals surface area contributed by atoms with E-state index in [4.69, 9.17) is 0 Å². The molecule has 1 aromatic rings. The van der Waals surface area contributed by atoms with E-state index >= 15 is 0 Å². The maximum absolute atomic E-state index is 11.8. The van der Waals surface area contributed by atoms with Gasteiger partial charge in [-0.05, 0) is 19.3 Å². The van der Waals surface area contributed by atoms with Gasteiger partial charge in [0, 0.05) is 44.6 Å². The molecule has 1 aromatic heterocycles. The third-order valence-corrected chi connectivity index (χ3v) is 5.00. The zero-order valence-corrected chi connectivity index (χ0v) is 13.6. The molecule has 0 aliphatic carbocycles. The van der Waals surface area contributed by atoms with E-state index in [-0.39, 0.29) is 12.1 Å². The number of urea groups is 1. The van der Waals surface area contributed by atoms with Gasteiger partial charge in [-0.3, -0.25) is 0 Å². The van der Waals surface area contributed by atoms with Crippen molar-refractivity contribution in [1.29, 1.82) is 0 Å². The first-order chi connectivity index (χ1) is 10.4. The van der Waals surface area contributed by atoms with E-state index < -0.39 is 10.0 Å². The second-order valence-electron chi connectivity index (χ2n) is 5.49. The molecule has 1 fully saturated rings. The molecule has 124 valence electrons. The molecule has 0 bridgehead atoms. The molecule has 22 heavy (non-hydrogen) atoms. The summed E-state index contributed by atoms with van der Waals surface area (Å²) in [4.78, 5) is 15.7. The van der Waals surface area contributed by atoms with Gasteiger partial charge in [-0.1, -0.05) is 0 Å². The van der Waals surface area contributed by atoms with E-state index in [1.807, 2.05) is 10.8 Å².